The minimum absolute atomic E-state index is 0.128. The zero-order valence-corrected chi connectivity index (χ0v) is 15.3. The van der Waals surface area contributed by atoms with E-state index in [1.165, 1.54) is 16.7 Å². The third kappa shape index (κ3) is 3.44. The highest BCUT2D eigenvalue weighted by molar-refractivity contribution is 5.74. The van der Waals surface area contributed by atoms with E-state index in [1.54, 1.807) is 17.0 Å². The number of imidazole rings is 1. The molecule has 0 aliphatic carbocycles. The molecule has 1 amide bonds. The number of hydrogen-bond donors (Lipinski definition) is 1. The average molecular weight is 356 g/mol. The minimum atomic E-state index is -0.388. The standard InChI is InChI=1S/C22H20N4O/c1-14-3-4-18(11-15(14)2)16-5-7-17(8-6-16)22-24-19-9-10-26(13-21(23)27)12-20(19)25-22/h3-12H,13H2,1-2H3,(H2,23,27). The van der Waals surface area contributed by atoms with Crippen molar-refractivity contribution in [1.29, 1.82) is 0 Å². The van der Waals surface area contributed by atoms with Crippen molar-refractivity contribution in [3.05, 3.63) is 72.1 Å². The number of aromatic nitrogens is 3. The van der Waals surface area contributed by atoms with E-state index in [9.17, 15) is 4.79 Å². The van der Waals surface area contributed by atoms with Crippen molar-refractivity contribution in [1.82, 2.24) is 14.5 Å². The molecule has 4 rings (SSSR count). The first kappa shape index (κ1) is 17.0. The van der Waals surface area contributed by atoms with Gasteiger partial charge in [0.1, 0.15) is 12.2 Å². The van der Waals surface area contributed by atoms with Gasteiger partial charge in [-0.3, -0.25) is 4.79 Å². The van der Waals surface area contributed by atoms with Crippen LogP contribution < -0.4 is 5.73 Å². The molecule has 0 spiro atoms. The van der Waals surface area contributed by atoms with Crippen molar-refractivity contribution in [2.45, 2.75) is 20.4 Å². The van der Waals surface area contributed by atoms with Gasteiger partial charge in [-0.15, -0.1) is 0 Å². The highest BCUT2D eigenvalue weighted by atomic mass is 16.1. The van der Waals surface area contributed by atoms with Crippen LogP contribution in [0.3, 0.4) is 0 Å². The van der Waals surface area contributed by atoms with Gasteiger partial charge in [-0.1, -0.05) is 42.5 Å². The highest BCUT2D eigenvalue weighted by Gasteiger charge is 2.13. The van der Waals surface area contributed by atoms with Crippen molar-refractivity contribution in [2.24, 2.45) is 5.73 Å². The van der Waals surface area contributed by atoms with Gasteiger partial charge in [-0.05, 0) is 42.2 Å². The molecule has 0 unspecified atom stereocenters. The number of rotatable bonds is 4. The molecular weight excluding hydrogens is 336 g/mol. The van der Waals surface area contributed by atoms with Gasteiger partial charge in [0.2, 0.25) is 5.91 Å². The Kier molecular flexibility index (Phi) is 4.20. The van der Waals surface area contributed by atoms with Crippen LogP contribution in [0.5, 0.6) is 0 Å². The van der Waals surface area contributed by atoms with E-state index in [4.69, 9.17) is 5.73 Å². The summed E-state index contributed by atoms with van der Waals surface area (Å²) in [4.78, 5) is 20.3. The number of aryl methyl sites for hydroxylation is 2. The van der Waals surface area contributed by atoms with Gasteiger partial charge in [-0.2, -0.15) is 0 Å². The Morgan fingerprint density at radius 1 is 0.889 bits per heavy atom. The number of carbonyl (C=O) groups excluding carboxylic acids is 1. The fourth-order valence-electron chi connectivity index (χ4n) is 3.09. The van der Waals surface area contributed by atoms with Crippen LogP contribution in [0, 0.1) is 13.8 Å². The summed E-state index contributed by atoms with van der Waals surface area (Å²) in [5.41, 5.74) is 12.7. The van der Waals surface area contributed by atoms with Gasteiger partial charge < -0.3 is 10.3 Å². The summed E-state index contributed by atoms with van der Waals surface area (Å²) >= 11 is 0. The second kappa shape index (κ2) is 6.68. The third-order valence-corrected chi connectivity index (χ3v) is 4.75. The van der Waals surface area contributed by atoms with E-state index in [-0.39, 0.29) is 12.5 Å². The zero-order chi connectivity index (χ0) is 19.0. The zero-order valence-electron chi connectivity index (χ0n) is 15.3. The van der Waals surface area contributed by atoms with Crippen molar-refractivity contribution >= 4 is 5.91 Å². The summed E-state index contributed by atoms with van der Waals surface area (Å²) in [6, 6.07) is 16.6. The molecule has 0 aromatic heterocycles. The van der Waals surface area contributed by atoms with Gasteiger partial charge >= 0.3 is 0 Å². The van der Waals surface area contributed by atoms with Crippen molar-refractivity contribution in [2.75, 3.05) is 0 Å². The topological polar surface area (TPSA) is 73.8 Å². The van der Waals surface area contributed by atoms with Gasteiger partial charge in [0.05, 0.1) is 5.69 Å². The van der Waals surface area contributed by atoms with Crippen LogP contribution in [0.1, 0.15) is 11.1 Å². The number of nitrogens with two attached hydrogens (primary N) is 1. The molecule has 27 heavy (non-hydrogen) atoms. The molecule has 2 aromatic rings. The summed E-state index contributed by atoms with van der Waals surface area (Å²) in [5.74, 6) is 0.287. The minimum Gasteiger partial charge on any atom is -0.368 e. The normalized spacial score (nSPS) is 11.0. The molecule has 2 aliphatic rings. The van der Waals surface area contributed by atoms with E-state index in [1.807, 2.05) is 18.2 Å². The Morgan fingerprint density at radius 3 is 2.26 bits per heavy atom. The number of primary amides is 1. The van der Waals surface area contributed by atoms with E-state index in [2.05, 4.69) is 54.1 Å². The third-order valence-electron chi connectivity index (χ3n) is 4.75. The SMILES string of the molecule is Cc1ccc(-c2ccc(-c3nc4ccn(CC(N)=O)cc-4n3)cc2)cc1C. The fourth-order valence-corrected chi connectivity index (χ4v) is 3.09. The maximum Gasteiger partial charge on any atom is 0.237 e. The number of pyridine rings is 1. The van der Waals surface area contributed by atoms with Crippen LogP contribution >= 0.6 is 0 Å². The van der Waals surface area contributed by atoms with Crippen LogP contribution in [0.25, 0.3) is 33.9 Å². The predicted molar refractivity (Wildman–Crippen MR) is 106 cm³/mol. The second-order valence-corrected chi connectivity index (χ2v) is 6.78. The molecular formula is C22H20N4O. The Labute approximate surface area is 157 Å². The lowest BCUT2D eigenvalue weighted by Gasteiger charge is -2.06. The van der Waals surface area contributed by atoms with Crippen LogP contribution in [0.4, 0.5) is 0 Å². The fraction of sp³-hybridized carbons (Fsp3) is 0.136. The molecule has 5 nitrogen and oxygen atoms in total. The quantitative estimate of drug-likeness (QED) is 0.604. The van der Waals surface area contributed by atoms with Crippen LogP contribution in [-0.4, -0.2) is 20.4 Å². The Bertz CT molecular complexity index is 1100. The van der Waals surface area contributed by atoms with Gasteiger partial charge in [-0.25, -0.2) is 9.97 Å². The largest absolute Gasteiger partial charge is 0.368 e. The molecule has 0 radical (unpaired) electrons. The molecule has 134 valence electrons. The Hall–Kier alpha value is -3.47. The number of fused-ring (bicyclic) bond motifs is 1. The smallest absolute Gasteiger partial charge is 0.237 e. The molecule has 2 N–H and O–H groups in total. The molecule has 5 heteroatoms. The molecule has 2 heterocycles. The lowest BCUT2D eigenvalue weighted by molar-refractivity contribution is -0.118. The first-order valence-corrected chi connectivity index (χ1v) is 8.79. The number of hydrogen-bond acceptors (Lipinski definition) is 3. The highest BCUT2D eigenvalue weighted by Crippen LogP contribution is 2.28. The molecule has 0 saturated carbocycles. The molecule has 0 bridgehead atoms. The average Bonchev–Trinajstić information content (AvgIpc) is 3.07. The van der Waals surface area contributed by atoms with Gasteiger partial charge in [0.15, 0.2) is 5.82 Å². The summed E-state index contributed by atoms with van der Waals surface area (Å²) in [7, 11) is 0. The van der Waals surface area contributed by atoms with Gasteiger partial charge in [0, 0.05) is 18.0 Å². The number of amides is 1. The second-order valence-electron chi connectivity index (χ2n) is 6.78. The van der Waals surface area contributed by atoms with E-state index >= 15 is 0 Å². The maximum absolute atomic E-state index is 11.1. The van der Waals surface area contributed by atoms with Crippen molar-refractivity contribution in [3.8, 4) is 33.9 Å². The molecule has 2 aromatic carbocycles. The summed E-state index contributed by atoms with van der Waals surface area (Å²) in [5, 5.41) is 0. The van der Waals surface area contributed by atoms with Crippen LogP contribution in [0.15, 0.2) is 60.9 Å². The van der Waals surface area contributed by atoms with Gasteiger partial charge in [0.25, 0.3) is 0 Å². The van der Waals surface area contributed by atoms with Crippen LogP contribution in [0.2, 0.25) is 0 Å². The first-order valence-electron chi connectivity index (χ1n) is 8.79. The van der Waals surface area contributed by atoms with E-state index in [0.29, 0.717) is 5.82 Å². The Morgan fingerprint density at radius 2 is 1.56 bits per heavy atom. The first-order chi connectivity index (χ1) is 13.0. The summed E-state index contributed by atoms with van der Waals surface area (Å²) < 4.78 is 1.71. The maximum atomic E-state index is 11.1. The monoisotopic (exact) mass is 356 g/mol. The lowest BCUT2D eigenvalue weighted by Crippen LogP contribution is -2.18. The summed E-state index contributed by atoms with van der Waals surface area (Å²) in [6.07, 6.45) is 3.58. The predicted octanol–water partition coefficient (Wildman–Crippen LogP) is 3.82. The molecule has 0 saturated heterocycles. The van der Waals surface area contributed by atoms with E-state index in [0.717, 1.165) is 22.5 Å². The number of nitrogens with zero attached hydrogens (tertiary/aromatic N) is 3. The lowest BCUT2D eigenvalue weighted by atomic mass is 9.99. The van der Waals surface area contributed by atoms with Crippen LogP contribution in [-0.2, 0) is 11.3 Å². The Balaban J connectivity index is 1.64. The van der Waals surface area contributed by atoms with Crippen molar-refractivity contribution < 1.29 is 4.79 Å². The van der Waals surface area contributed by atoms with E-state index < -0.39 is 0 Å². The number of benzene rings is 2. The summed E-state index contributed by atoms with van der Waals surface area (Å²) in [6.45, 7) is 4.37. The molecule has 0 fully saturated rings. The molecule has 2 aliphatic heterocycles. The van der Waals surface area contributed by atoms with Crippen molar-refractivity contribution in [3.63, 3.8) is 0 Å². The molecule has 0 atom stereocenters. The number of carbonyl (C=O) groups is 1.